The predicted octanol–water partition coefficient (Wildman–Crippen LogP) is 26.6. The molecule has 1 N–H and O–H groups in total. The largest absolute Gasteiger partial charge is 0.355 e. The summed E-state index contributed by atoms with van der Waals surface area (Å²) in [7, 11) is 0. The Hall–Kier alpha value is -13.0. The minimum absolute atomic E-state index is 0.764. The van der Waals surface area contributed by atoms with Crippen molar-refractivity contribution in [3.63, 3.8) is 0 Å². The van der Waals surface area contributed by atoms with E-state index in [1.165, 1.54) is 154 Å². The molecule has 4 heterocycles. The maximum atomic E-state index is 6.25. The molecule has 0 spiro atoms. The molecule has 0 aliphatic carbocycles. The van der Waals surface area contributed by atoms with E-state index in [1.807, 2.05) is 48.5 Å². The molecule has 0 saturated heterocycles. The van der Waals surface area contributed by atoms with E-state index in [0.29, 0.717) is 0 Å². The number of fused-ring (bicyclic) bond motifs is 12. The second-order valence-electron chi connectivity index (χ2n) is 25.8. The molecule has 0 amide bonds. The van der Waals surface area contributed by atoms with Crippen molar-refractivity contribution in [1.29, 1.82) is 0 Å². The van der Waals surface area contributed by atoms with Crippen molar-refractivity contribution in [2.24, 2.45) is 0 Å². The molecule has 0 fully saturated rings. The van der Waals surface area contributed by atoms with Gasteiger partial charge in [0.15, 0.2) is 0 Å². The van der Waals surface area contributed by atoms with E-state index < -0.39 is 0 Å². The predicted molar refractivity (Wildman–Crippen MR) is 429 cm³/mol. The molecule has 4 aromatic heterocycles. The maximum Gasteiger partial charge on any atom is 0.0541 e. The van der Waals surface area contributed by atoms with Crippen LogP contribution >= 0.6 is 11.6 Å². The lowest BCUT2D eigenvalue weighted by Gasteiger charge is -2.14. The molecule has 0 unspecified atom stereocenters. The number of nitrogens with one attached hydrogen (secondary N) is 1. The van der Waals surface area contributed by atoms with Gasteiger partial charge in [-0.15, -0.1) is 0 Å². The first-order valence-electron chi connectivity index (χ1n) is 34.4. The van der Waals surface area contributed by atoms with Crippen LogP contribution in [-0.4, -0.2) is 18.7 Å². The van der Waals surface area contributed by atoms with Crippen molar-refractivity contribution < 1.29 is 0 Å². The fourth-order valence-electron chi connectivity index (χ4n) is 15.0. The van der Waals surface area contributed by atoms with Gasteiger partial charge in [-0.1, -0.05) is 266 Å². The van der Waals surface area contributed by atoms with Gasteiger partial charge in [-0.25, -0.2) is 0 Å². The normalized spacial score (nSPS) is 11.4. The quantitative estimate of drug-likeness (QED) is 0.149. The van der Waals surface area contributed by atoms with Crippen LogP contribution < -0.4 is 0 Å². The molecule has 0 bridgehead atoms. The molecule has 0 aliphatic rings. The van der Waals surface area contributed by atoms with Crippen molar-refractivity contribution in [3.05, 3.63) is 393 Å². The van der Waals surface area contributed by atoms with E-state index in [2.05, 4.69) is 358 Å². The smallest absolute Gasteiger partial charge is 0.0541 e. The number of hydrogen-bond donors (Lipinski definition) is 1. The maximum absolute atomic E-state index is 6.25. The Bertz CT molecular complexity index is 6310. The SMILES string of the molecule is Clc1cc(-c2ccccc2)cc(-c2ccccc2)c1.c1ccc(-c2cc(-c3ccccc3)cc(-n3c4ccccc4c4cc(-c5ccc6c(c5)c5ccccc5n6-c5ccccc5)ccc43)c2)cc1.c1ccc(-n2c3ccccc3c3cc(-c4ccc5[nH]c6ccccc6c5c4)ccc32)cc1. The average molecular weight is 1310 g/mol. The number of aromatic nitrogens is 4. The van der Waals surface area contributed by atoms with Gasteiger partial charge in [0, 0.05) is 76.2 Å². The first-order chi connectivity index (χ1) is 50.0. The number of nitrogens with zero attached hydrogens (tertiary/aromatic N) is 3. The molecule has 20 aromatic rings. The zero-order valence-electron chi connectivity index (χ0n) is 55.2. The third-order valence-electron chi connectivity index (χ3n) is 19.7. The van der Waals surface area contributed by atoms with Gasteiger partial charge in [-0.3, -0.25) is 0 Å². The number of benzene rings is 16. The Morgan fingerprint density at radius 1 is 0.168 bits per heavy atom. The molecule has 4 nitrogen and oxygen atoms in total. The Balaban J connectivity index is 0.000000122. The second-order valence-corrected chi connectivity index (χ2v) is 26.3. The van der Waals surface area contributed by atoms with Crippen LogP contribution in [0.15, 0.2) is 388 Å². The highest BCUT2D eigenvalue weighted by atomic mass is 35.5. The zero-order valence-corrected chi connectivity index (χ0v) is 55.9. The summed E-state index contributed by atoms with van der Waals surface area (Å²) in [6.45, 7) is 0. The lowest BCUT2D eigenvalue weighted by molar-refractivity contribution is 1.18. The highest BCUT2D eigenvalue weighted by Crippen LogP contribution is 2.42. The third-order valence-corrected chi connectivity index (χ3v) is 19.9. The van der Waals surface area contributed by atoms with Gasteiger partial charge in [-0.05, 0) is 200 Å². The molecule has 0 saturated carbocycles. The van der Waals surface area contributed by atoms with Crippen molar-refractivity contribution in [2.45, 2.75) is 0 Å². The van der Waals surface area contributed by atoms with Crippen molar-refractivity contribution >= 4 is 98.8 Å². The van der Waals surface area contributed by atoms with Crippen LogP contribution in [0.4, 0.5) is 0 Å². The van der Waals surface area contributed by atoms with Gasteiger partial charge in [0.05, 0.1) is 33.1 Å². The summed E-state index contributed by atoms with van der Waals surface area (Å²) in [6, 6.07) is 139. The minimum atomic E-state index is 0.764. The van der Waals surface area contributed by atoms with Gasteiger partial charge < -0.3 is 18.7 Å². The zero-order chi connectivity index (χ0) is 67.2. The van der Waals surface area contributed by atoms with Crippen molar-refractivity contribution in [1.82, 2.24) is 18.7 Å². The number of H-pyrrole nitrogens is 1. The summed E-state index contributed by atoms with van der Waals surface area (Å²) < 4.78 is 7.17. The Morgan fingerprint density at radius 3 is 0.832 bits per heavy atom. The third kappa shape index (κ3) is 11.4. The van der Waals surface area contributed by atoms with Crippen molar-refractivity contribution in [3.8, 4) is 83.8 Å². The van der Waals surface area contributed by atoms with Gasteiger partial charge in [0.2, 0.25) is 0 Å². The number of rotatable bonds is 9. The summed E-state index contributed by atoms with van der Waals surface area (Å²) in [4.78, 5) is 3.53. The van der Waals surface area contributed by atoms with E-state index in [0.717, 1.165) is 21.8 Å². The molecule has 5 heteroatoms. The molecule has 0 atom stereocenters. The number of para-hydroxylation sites is 6. The van der Waals surface area contributed by atoms with E-state index in [4.69, 9.17) is 11.6 Å². The van der Waals surface area contributed by atoms with Gasteiger partial charge >= 0.3 is 0 Å². The molecule has 101 heavy (non-hydrogen) atoms. The van der Waals surface area contributed by atoms with Crippen LogP contribution in [0.25, 0.3) is 171 Å². The lowest BCUT2D eigenvalue weighted by atomic mass is 9.98. The number of halogens is 1. The van der Waals surface area contributed by atoms with E-state index in [1.54, 1.807) is 0 Å². The van der Waals surface area contributed by atoms with Crippen LogP contribution in [0.3, 0.4) is 0 Å². The Morgan fingerprint density at radius 2 is 0.446 bits per heavy atom. The summed E-state index contributed by atoms with van der Waals surface area (Å²) >= 11 is 6.25. The second kappa shape index (κ2) is 26.1. The molecule has 0 radical (unpaired) electrons. The number of hydrogen-bond acceptors (Lipinski definition) is 0. The molecular formula is C96H65ClN4. The van der Waals surface area contributed by atoms with Crippen LogP contribution in [0, 0.1) is 0 Å². The summed E-state index contributed by atoms with van der Waals surface area (Å²) in [5.41, 5.74) is 27.5. The van der Waals surface area contributed by atoms with E-state index >= 15 is 0 Å². The Kier molecular flexibility index (Phi) is 15.6. The highest BCUT2D eigenvalue weighted by molar-refractivity contribution is 6.31. The summed E-state index contributed by atoms with van der Waals surface area (Å²) in [5.74, 6) is 0. The van der Waals surface area contributed by atoms with Gasteiger partial charge in [-0.2, -0.15) is 0 Å². The van der Waals surface area contributed by atoms with E-state index in [9.17, 15) is 0 Å². The van der Waals surface area contributed by atoms with Crippen LogP contribution in [0.1, 0.15) is 0 Å². The minimum Gasteiger partial charge on any atom is -0.355 e. The molecule has 476 valence electrons. The molecular weight excluding hydrogens is 1240 g/mol. The molecule has 0 aliphatic heterocycles. The highest BCUT2D eigenvalue weighted by Gasteiger charge is 2.19. The summed E-state index contributed by atoms with van der Waals surface area (Å²) in [6.07, 6.45) is 0. The first kappa shape index (κ1) is 60.4. The van der Waals surface area contributed by atoms with Crippen molar-refractivity contribution in [2.75, 3.05) is 0 Å². The summed E-state index contributed by atoms with van der Waals surface area (Å²) in [5, 5.41) is 10.9. The fraction of sp³-hybridized carbons (Fsp3) is 0. The van der Waals surface area contributed by atoms with Crippen LogP contribution in [0.5, 0.6) is 0 Å². The van der Waals surface area contributed by atoms with Crippen LogP contribution in [-0.2, 0) is 0 Å². The Labute approximate surface area is 590 Å². The topological polar surface area (TPSA) is 30.6 Å². The van der Waals surface area contributed by atoms with E-state index in [-0.39, 0.29) is 0 Å². The molecule has 16 aromatic carbocycles. The first-order valence-corrected chi connectivity index (χ1v) is 34.8. The van der Waals surface area contributed by atoms with Gasteiger partial charge in [0.25, 0.3) is 0 Å². The monoisotopic (exact) mass is 1310 g/mol. The lowest BCUT2D eigenvalue weighted by Crippen LogP contribution is -1.96. The molecule has 20 rings (SSSR count). The standard InChI is InChI=1S/C48H32N2.C30H20N2.C18H13Cl/c1-4-14-33(15-5-1)37-28-38(34-16-6-2-7-17-34)30-40(29-37)50-46-23-13-11-21-42(46)44-32-36(25-27-48(44)50)35-24-26-47-43(31-35)41-20-10-12-22-45(41)49(47)39-18-8-3-9-19-39;1-2-8-22(9-3-1)32-29-13-7-5-11-24(29)26-19-21(15-17-30(26)32)20-14-16-28-25(18-20)23-10-4-6-12-27(23)31-28;19-18-12-16(14-7-3-1-4-8-14)11-17(13-18)15-9-5-2-6-10-15/h1-32H;1-19,31H;1-13H. The number of aromatic amines is 1. The van der Waals surface area contributed by atoms with Crippen LogP contribution in [0.2, 0.25) is 5.02 Å². The fourth-order valence-corrected chi connectivity index (χ4v) is 15.2. The van der Waals surface area contributed by atoms with Gasteiger partial charge in [0.1, 0.15) is 0 Å². The average Bonchev–Trinajstić information content (AvgIpc) is 1.61.